The van der Waals surface area contributed by atoms with Gasteiger partial charge in [-0.05, 0) is 20.8 Å². The van der Waals surface area contributed by atoms with Crippen LogP contribution in [0, 0.1) is 13.8 Å². The summed E-state index contributed by atoms with van der Waals surface area (Å²) in [6.07, 6.45) is -0.409. The molecular weight excluding hydrogens is 352 g/mol. The molecule has 2 amide bonds. The van der Waals surface area contributed by atoms with E-state index in [0.717, 1.165) is 0 Å². The number of carbonyl (C=O) groups is 2. The topological polar surface area (TPSA) is 122 Å². The highest BCUT2D eigenvalue weighted by atomic mass is 32.2. The van der Waals surface area contributed by atoms with Gasteiger partial charge in [0.25, 0.3) is 0 Å². The number of nitrogens with zero attached hydrogens (tertiary/aromatic N) is 3. The molecule has 11 heteroatoms. The zero-order valence-corrected chi connectivity index (χ0v) is 15.3. The number of carbonyl (C=O) groups excluding carboxylic acids is 2. The highest BCUT2D eigenvalue weighted by Crippen LogP contribution is 2.18. The summed E-state index contributed by atoms with van der Waals surface area (Å²) in [6.45, 7) is 6.00. The predicted molar refractivity (Wildman–Crippen MR) is 86.3 cm³/mol. The van der Waals surface area contributed by atoms with Gasteiger partial charge < -0.3 is 19.1 Å². The fourth-order valence-corrected chi connectivity index (χ4v) is 3.85. The Bertz CT molecular complexity index is 717. The molecule has 2 heterocycles. The van der Waals surface area contributed by atoms with Crippen molar-refractivity contribution in [1.29, 1.82) is 0 Å². The molecule has 140 valence electrons. The summed E-state index contributed by atoms with van der Waals surface area (Å²) in [5.74, 6) is -0.195. The molecule has 0 atom stereocenters. The smallest absolute Gasteiger partial charge is 0.409 e. The molecule has 0 saturated carbocycles. The number of aromatic nitrogens is 1. The van der Waals surface area contributed by atoms with E-state index in [-0.39, 0.29) is 28.8 Å². The van der Waals surface area contributed by atoms with Crippen LogP contribution in [-0.4, -0.2) is 74.7 Å². The van der Waals surface area contributed by atoms with Crippen LogP contribution >= 0.6 is 0 Å². The first-order chi connectivity index (χ1) is 11.8. The van der Waals surface area contributed by atoms with Crippen molar-refractivity contribution in [3.05, 3.63) is 11.5 Å². The molecule has 1 aromatic rings. The predicted octanol–water partition coefficient (Wildman–Crippen LogP) is -0.130. The molecule has 0 radical (unpaired) electrons. The molecule has 0 aliphatic carbocycles. The number of hydrogen-bond donors (Lipinski definition) is 1. The molecule has 0 aromatic carbocycles. The lowest BCUT2D eigenvalue weighted by atomic mass is 10.3. The van der Waals surface area contributed by atoms with Crippen molar-refractivity contribution in [1.82, 2.24) is 19.7 Å². The molecule has 0 spiro atoms. The molecule has 0 unspecified atom stereocenters. The first-order valence-electron chi connectivity index (χ1n) is 7.88. The van der Waals surface area contributed by atoms with Gasteiger partial charge in [-0.1, -0.05) is 5.16 Å². The fraction of sp³-hybridized carbons (Fsp3) is 0.643. The lowest BCUT2D eigenvalue weighted by molar-refractivity contribution is -0.131. The van der Waals surface area contributed by atoms with Crippen LogP contribution in [0.4, 0.5) is 4.79 Å². The van der Waals surface area contributed by atoms with Crippen molar-refractivity contribution >= 4 is 22.0 Å². The van der Waals surface area contributed by atoms with Gasteiger partial charge in [-0.15, -0.1) is 0 Å². The van der Waals surface area contributed by atoms with Gasteiger partial charge >= 0.3 is 6.09 Å². The minimum atomic E-state index is -3.88. The summed E-state index contributed by atoms with van der Waals surface area (Å²) < 4.78 is 36.6. The minimum Gasteiger partial charge on any atom is -0.450 e. The number of ether oxygens (including phenoxy) is 1. The van der Waals surface area contributed by atoms with Gasteiger partial charge in [-0.3, -0.25) is 4.79 Å². The highest BCUT2D eigenvalue weighted by molar-refractivity contribution is 7.89. The Morgan fingerprint density at radius 3 is 2.32 bits per heavy atom. The Morgan fingerprint density at radius 1 is 1.20 bits per heavy atom. The Balaban J connectivity index is 1.88. The van der Waals surface area contributed by atoms with Gasteiger partial charge in [0.2, 0.25) is 15.9 Å². The normalized spacial score (nSPS) is 15.3. The Morgan fingerprint density at radius 2 is 1.80 bits per heavy atom. The van der Waals surface area contributed by atoms with Crippen LogP contribution in [0.2, 0.25) is 0 Å². The quantitative estimate of drug-likeness (QED) is 0.762. The van der Waals surface area contributed by atoms with Crippen LogP contribution in [-0.2, 0) is 19.6 Å². The zero-order valence-electron chi connectivity index (χ0n) is 14.4. The molecule has 1 fully saturated rings. The maximum absolute atomic E-state index is 12.3. The third-order valence-corrected chi connectivity index (χ3v) is 5.45. The summed E-state index contributed by atoms with van der Waals surface area (Å²) >= 11 is 0. The van der Waals surface area contributed by atoms with Crippen molar-refractivity contribution in [2.75, 3.05) is 39.3 Å². The maximum Gasteiger partial charge on any atom is 0.409 e. The molecule has 1 aliphatic rings. The van der Waals surface area contributed by atoms with Crippen molar-refractivity contribution in [2.45, 2.75) is 25.7 Å². The third kappa shape index (κ3) is 4.48. The Hall–Kier alpha value is -2.14. The van der Waals surface area contributed by atoms with Gasteiger partial charge in [-0.25, -0.2) is 17.9 Å². The van der Waals surface area contributed by atoms with E-state index < -0.39 is 16.1 Å². The van der Waals surface area contributed by atoms with E-state index in [1.165, 1.54) is 23.6 Å². The fourth-order valence-electron chi connectivity index (χ4n) is 2.55. The van der Waals surface area contributed by atoms with Gasteiger partial charge in [0, 0.05) is 26.2 Å². The second kappa shape index (κ2) is 7.83. The van der Waals surface area contributed by atoms with E-state index in [2.05, 4.69) is 9.88 Å². The molecule has 1 aromatic heterocycles. The van der Waals surface area contributed by atoms with Gasteiger partial charge in [0.15, 0.2) is 5.76 Å². The van der Waals surface area contributed by atoms with Crippen LogP contribution in [0.15, 0.2) is 9.42 Å². The molecule has 1 aliphatic heterocycles. The number of rotatable bonds is 5. The van der Waals surface area contributed by atoms with Gasteiger partial charge in [0.05, 0.1) is 13.2 Å². The number of sulfonamides is 1. The molecule has 0 bridgehead atoms. The Labute approximate surface area is 146 Å². The largest absolute Gasteiger partial charge is 0.450 e. The summed E-state index contributed by atoms with van der Waals surface area (Å²) in [7, 11) is -3.88. The van der Waals surface area contributed by atoms with E-state index in [4.69, 9.17) is 9.26 Å². The lowest BCUT2D eigenvalue weighted by Gasteiger charge is -2.34. The molecule has 1 saturated heterocycles. The number of aryl methyl sites for hydroxylation is 2. The molecule has 1 N–H and O–H groups in total. The first kappa shape index (κ1) is 19.2. The Kier molecular flexibility index (Phi) is 6.01. The number of hydrogen-bond acceptors (Lipinski definition) is 7. The van der Waals surface area contributed by atoms with Gasteiger partial charge in [0.1, 0.15) is 10.6 Å². The lowest BCUT2D eigenvalue weighted by Crippen LogP contribution is -2.52. The molecular formula is C14H22N4O6S. The highest BCUT2D eigenvalue weighted by Gasteiger charge is 2.28. The number of nitrogens with one attached hydrogen (secondary N) is 1. The first-order valence-corrected chi connectivity index (χ1v) is 9.36. The maximum atomic E-state index is 12.3. The summed E-state index contributed by atoms with van der Waals surface area (Å²) in [5, 5.41) is 3.60. The van der Waals surface area contributed by atoms with Crippen molar-refractivity contribution in [3.63, 3.8) is 0 Å². The standard InChI is InChI=1S/C14H22N4O6S/c1-4-23-14(20)18-7-5-17(6-8-18)12(19)9-15-25(21,22)13-10(2)16-24-11(13)3/h15H,4-9H2,1-3H3. The third-order valence-electron chi connectivity index (χ3n) is 3.81. The van der Waals surface area contributed by atoms with Crippen LogP contribution in [0.25, 0.3) is 0 Å². The molecule has 25 heavy (non-hydrogen) atoms. The van der Waals surface area contributed by atoms with E-state index >= 15 is 0 Å². The average molecular weight is 374 g/mol. The monoisotopic (exact) mass is 374 g/mol. The summed E-state index contributed by atoms with van der Waals surface area (Å²) in [4.78, 5) is 26.8. The van der Waals surface area contributed by atoms with Crippen molar-refractivity contribution in [2.24, 2.45) is 0 Å². The summed E-state index contributed by atoms with van der Waals surface area (Å²) in [5.41, 5.74) is 0.237. The number of amides is 2. The zero-order chi connectivity index (χ0) is 18.6. The van der Waals surface area contributed by atoms with Gasteiger partial charge in [-0.2, -0.15) is 0 Å². The molecule has 10 nitrogen and oxygen atoms in total. The second-order valence-electron chi connectivity index (χ2n) is 5.54. The summed E-state index contributed by atoms with van der Waals surface area (Å²) in [6, 6.07) is 0. The van der Waals surface area contributed by atoms with E-state index in [0.29, 0.717) is 32.8 Å². The van der Waals surface area contributed by atoms with Crippen LogP contribution in [0.5, 0.6) is 0 Å². The second-order valence-corrected chi connectivity index (χ2v) is 7.25. The van der Waals surface area contributed by atoms with E-state index in [1.54, 1.807) is 6.92 Å². The van der Waals surface area contributed by atoms with Crippen molar-refractivity contribution in [3.8, 4) is 0 Å². The van der Waals surface area contributed by atoms with Crippen LogP contribution in [0.3, 0.4) is 0 Å². The average Bonchev–Trinajstić information content (AvgIpc) is 2.92. The van der Waals surface area contributed by atoms with Crippen LogP contribution in [0.1, 0.15) is 18.4 Å². The van der Waals surface area contributed by atoms with E-state index in [1.807, 2.05) is 0 Å². The van der Waals surface area contributed by atoms with Crippen LogP contribution < -0.4 is 4.72 Å². The van der Waals surface area contributed by atoms with Crippen molar-refractivity contribution < 1.29 is 27.3 Å². The minimum absolute atomic E-state index is 0.0487. The molecule has 2 rings (SSSR count). The number of piperazine rings is 1. The SMILES string of the molecule is CCOC(=O)N1CCN(C(=O)CNS(=O)(=O)c2c(C)noc2C)CC1. The van der Waals surface area contributed by atoms with E-state index in [9.17, 15) is 18.0 Å².